The van der Waals surface area contributed by atoms with E-state index >= 15 is 0 Å². The first-order valence-electron chi connectivity index (χ1n) is 11.4. The second-order valence-corrected chi connectivity index (χ2v) is 8.50. The fourth-order valence-electron chi connectivity index (χ4n) is 4.60. The van der Waals surface area contributed by atoms with Gasteiger partial charge in [-0.3, -0.25) is 4.79 Å². The molecule has 0 radical (unpaired) electrons. The van der Waals surface area contributed by atoms with Gasteiger partial charge in [0.2, 0.25) is 11.7 Å². The largest absolute Gasteiger partial charge is 0.493 e. The maximum Gasteiger partial charge on any atom is 0.272 e. The SMILES string of the molecule is COc1ccc([C@@H]2CC(=O)Nc3c2c(C)nn3-c2nncc(-c3ccc(C)cc3)n2)c(OC)c1OC. The molecule has 184 valence electrons. The fourth-order valence-corrected chi connectivity index (χ4v) is 4.60. The van der Waals surface area contributed by atoms with Crippen LogP contribution in [-0.4, -0.2) is 52.2 Å². The van der Waals surface area contributed by atoms with Crippen LogP contribution in [0.15, 0.2) is 42.6 Å². The van der Waals surface area contributed by atoms with Crippen molar-refractivity contribution in [3.05, 3.63) is 65.0 Å². The first-order valence-corrected chi connectivity index (χ1v) is 11.4. The predicted octanol–water partition coefficient (Wildman–Crippen LogP) is 3.84. The molecule has 2 aromatic heterocycles. The Balaban J connectivity index is 1.64. The highest BCUT2D eigenvalue weighted by Crippen LogP contribution is 2.48. The van der Waals surface area contributed by atoms with Gasteiger partial charge in [0.1, 0.15) is 5.82 Å². The summed E-state index contributed by atoms with van der Waals surface area (Å²) in [6, 6.07) is 11.7. The molecule has 0 fully saturated rings. The van der Waals surface area contributed by atoms with Crippen LogP contribution in [0.1, 0.15) is 34.7 Å². The van der Waals surface area contributed by atoms with Gasteiger partial charge in [-0.1, -0.05) is 35.9 Å². The fraction of sp³-hybridized carbons (Fsp3) is 0.269. The van der Waals surface area contributed by atoms with Gasteiger partial charge < -0.3 is 19.5 Å². The average molecular weight is 487 g/mol. The highest BCUT2D eigenvalue weighted by atomic mass is 16.5. The smallest absolute Gasteiger partial charge is 0.272 e. The van der Waals surface area contributed by atoms with Gasteiger partial charge in [0, 0.05) is 29.0 Å². The number of hydrogen-bond acceptors (Lipinski definition) is 8. The van der Waals surface area contributed by atoms with Gasteiger partial charge in [-0.25, -0.2) is 4.98 Å². The molecule has 0 spiro atoms. The zero-order valence-corrected chi connectivity index (χ0v) is 20.7. The third-order valence-corrected chi connectivity index (χ3v) is 6.30. The molecule has 5 rings (SSSR count). The van der Waals surface area contributed by atoms with Gasteiger partial charge in [0.25, 0.3) is 5.95 Å². The third kappa shape index (κ3) is 3.90. The zero-order chi connectivity index (χ0) is 25.4. The first-order chi connectivity index (χ1) is 17.4. The van der Waals surface area contributed by atoms with Crippen molar-refractivity contribution in [2.75, 3.05) is 26.6 Å². The van der Waals surface area contributed by atoms with E-state index in [1.54, 1.807) is 33.6 Å². The number of nitrogens with one attached hydrogen (secondary N) is 1. The summed E-state index contributed by atoms with van der Waals surface area (Å²) in [6.07, 6.45) is 1.82. The molecule has 0 aliphatic carbocycles. The number of ether oxygens (including phenoxy) is 3. The molecule has 0 saturated heterocycles. The molecule has 1 atom stereocenters. The van der Waals surface area contributed by atoms with E-state index in [9.17, 15) is 4.79 Å². The van der Waals surface area contributed by atoms with Crippen LogP contribution in [0, 0.1) is 13.8 Å². The Bertz CT molecular complexity index is 1450. The van der Waals surface area contributed by atoms with Gasteiger partial charge in [-0.05, 0) is 19.9 Å². The Hall–Kier alpha value is -4.47. The Morgan fingerprint density at radius 3 is 2.42 bits per heavy atom. The highest BCUT2D eigenvalue weighted by molar-refractivity contribution is 5.95. The standard InChI is InChI=1S/C26H26N6O4/c1-14-6-8-16(9-7-14)19-13-27-30-26(28-19)32-25-22(15(2)31-32)18(12-21(33)29-25)17-10-11-20(34-3)24(36-5)23(17)35-4/h6-11,13,18H,12H2,1-5H3,(H,29,33)/t18-/m0/s1. The molecule has 0 saturated carbocycles. The summed E-state index contributed by atoms with van der Waals surface area (Å²) in [5, 5.41) is 16.0. The monoisotopic (exact) mass is 486 g/mol. The van der Waals surface area contributed by atoms with Crippen LogP contribution in [0.3, 0.4) is 0 Å². The topological polar surface area (TPSA) is 113 Å². The molecule has 0 unspecified atom stereocenters. The predicted molar refractivity (Wildman–Crippen MR) is 133 cm³/mol. The molecule has 1 aliphatic rings. The minimum atomic E-state index is -0.328. The number of carbonyl (C=O) groups excluding carboxylic acids is 1. The Kier molecular flexibility index (Phi) is 6.01. The number of carbonyl (C=O) groups is 1. The van der Waals surface area contributed by atoms with Crippen LogP contribution in [0.2, 0.25) is 0 Å². The maximum atomic E-state index is 12.9. The lowest BCUT2D eigenvalue weighted by Crippen LogP contribution is -2.25. The van der Waals surface area contributed by atoms with Crippen LogP contribution < -0.4 is 19.5 Å². The Morgan fingerprint density at radius 2 is 1.72 bits per heavy atom. The van der Waals surface area contributed by atoms with Crippen molar-refractivity contribution in [3.8, 4) is 34.5 Å². The summed E-state index contributed by atoms with van der Waals surface area (Å²) >= 11 is 0. The summed E-state index contributed by atoms with van der Waals surface area (Å²) in [5.74, 6) is 1.80. The van der Waals surface area contributed by atoms with Crippen molar-refractivity contribution in [1.82, 2.24) is 25.0 Å². The molecular formula is C26H26N6O4. The van der Waals surface area contributed by atoms with E-state index in [4.69, 9.17) is 19.3 Å². The number of methoxy groups -OCH3 is 3. The zero-order valence-electron chi connectivity index (χ0n) is 20.7. The van der Waals surface area contributed by atoms with Crippen molar-refractivity contribution in [1.29, 1.82) is 0 Å². The number of rotatable bonds is 6. The average Bonchev–Trinajstić information content (AvgIpc) is 3.23. The first kappa shape index (κ1) is 23.3. The highest BCUT2D eigenvalue weighted by Gasteiger charge is 2.36. The lowest BCUT2D eigenvalue weighted by Gasteiger charge is -2.26. The summed E-state index contributed by atoms with van der Waals surface area (Å²) in [6.45, 7) is 3.92. The number of aryl methyl sites for hydroxylation is 2. The van der Waals surface area contributed by atoms with E-state index < -0.39 is 0 Å². The lowest BCUT2D eigenvalue weighted by molar-refractivity contribution is -0.116. The number of amides is 1. The van der Waals surface area contributed by atoms with Crippen LogP contribution in [0.4, 0.5) is 5.82 Å². The summed E-state index contributed by atoms with van der Waals surface area (Å²) in [5.41, 5.74) is 5.09. The minimum Gasteiger partial charge on any atom is -0.493 e. The number of benzene rings is 2. The quantitative estimate of drug-likeness (QED) is 0.437. The molecule has 0 bridgehead atoms. The van der Waals surface area contributed by atoms with E-state index in [0.29, 0.717) is 28.8 Å². The van der Waals surface area contributed by atoms with Crippen LogP contribution >= 0.6 is 0 Å². The lowest BCUT2D eigenvalue weighted by atomic mass is 9.85. The van der Waals surface area contributed by atoms with Crippen LogP contribution in [-0.2, 0) is 4.79 Å². The molecule has 2 aromatic carbocycles. The van der Waals surface area contributed by atoms with Gasteiger partial charge >= 0.3 is 0 Å². The Morgan fingerprint density at radius 1 is 0.972 bits per heavy atom. The molecule has 1 N–H and O–H groups in total. The number of nitrogens with zero attached hydrogens (tertiary/aromatic N) is 5. The third-order valence-electron chi connectivity index (χ3n) is 6.30. The van der Waals surface area contributed by atoms with E-state index in [2.05, 4.69) is 20.5 Å². The molecule has 10 heteroatoms. The Labute approximate surface area is 208 Å². The van der Waals surface area contributed by atoms with Crippen molar-refractivity contribution >= 4 is 11.7 Å². The van der Waals surface area contributed by atoms with Crippen molar-refractivity contribution in [2.24, 2.45) is 0 Å². The van der Waals surface area contributed by atoms with E-state index in [-0.39, 0.29) is 24.2 Å². The molecule has 36 heavy (non-hydrogen) atoms. The van der Waals surface area contributed by atoms with Crippen molar-refractivity contribution in [2.45, 2.75) is 26.2 Å². The van der Waals surface area contributed by atoms with E-state index in [0.717, 1.165) is 27.9 Å². The van der Waals surface area contributed by atoms with E-state index in [1.807, 2.05) is 44.2 Å². The number of hydrogen-bond donors (Lipinski definition) is 1. The summed E-state index contributed by atoms with van der Waals surface area (Å²) in [4.78, 5) is 17.6. The normalized spacial score (nSPS) is 14.7. The molecule has 10 nitrogen and oxygen atoms in total. The summed E-state index contributed by atoms with van der Waals surface area (Å²) in [7, 11) is 4.69. The molecule has 3 heterocycles. The van der Waals surface area contributed by atoms with Crippen molar-refractivity contribution in [3.63, 3.8) is 0 Å². The van der Waals surface area contributed by atoms with Gasteiger partial charge in [-0.2, -0.15) is 14.9 Å². The number of fused-ring (bicyclic) bond motifs is 1. The molecular weight excluding hydrogens is 460 g/mol. The number of aromatic nitrogens is 5. The molecule has 1 aliphatic heterocycles. The van der Waals surface area contributed by atoms with Gasteiger partial charge in [0.05, 0.1) is 38.9 Å². The molecule has 4 aromatic rings. The number of anilines is 1. The second-order valence-electron chi connectivity index (χ2n) is 8.50. The second kappa shape index (κ2) is 9.29. The van der Waals surface area contributed by atoms with Crippen LogP contribution in [0.5, 0.6) is 17.2 Å². The van der Waals surface area contributed by atoms with Gasteiger partial charge in [0.15, 0.2) is 11.5 Å². The maximum absolute atomic E-state index is 12.9. The molecule has 1 amide bonds. The minimum absolute atomic E-state index is 0.159. The van der Waals surface area contributed by atoms with Crippen molar-refractivity contribution < 1.29 is 19.0 Å². The van der Waals surface area contributed by atoms with Crippen LogP contribution in [0.25, 0.3) is 17.2 Å². The van der Waals surface area contributed by atoms with E-state index in [1.165, 1.54) is 4.68 Å². The van der Waals surface area contributed by atoms with Gasteiger partial charge in [-0.15, -0.1) is 5.10 Å². The summed E-state index contributed by atoms with van der Waals surface area (Å²) < 4.78 is 18.3.